The van der Waals surface area contributed by atoms with E-state index in [1.807, 2.05) is 0 Å². The SMILES string of the molecule is CCOC(=O)c1cc(S)c(C(F)F)cc1C#N. The molecule has 0 heterocycles. The van der Waals surface area contributed by atoms with E-state index in [0.717, 1.165) is 12.1 Å². The van der Waals surface area contributed by atoms with Gasteiger partial charge in [-0.15, -0.1) is 12.6 Å². The van der Waals surface area contributed by atoms with Crippen LogP contribution in [0.15, 0.2) is 17.0 Å². The Hall–Kier alpha value is -1.61. The zero-order valence-electron chi connectivity index (χ0n) is 8.91. The van der Waals surface area contributed by atoms with Crippen molar-refractivity contribution in [3.05, 3.63) is 28.8 Å². The zero-order chi connectivity index (χ0) is 13.0. The van der Waals surface area contributed by atoms with Crippen molar-refractivity contribution in [2.24, 2.45) is 0 Å². The van der Waals surface area contributed by atoms with Crippen LogP contribution in [0.4, 0.5) is 8.78 Å². The summed E-state index contributed by atoms with van der Waals surface area (Å²) < 4.78 is 29.8. The summed E-state index contributed by atoms with van der Waals surface area (Å²) in [6, 6.07) is 3.77. The molecule has 0 saturated heterocycles. The number of rotatable bonds is 3. The summed E-state index contributed by atoms with van der Waals surface area (Å²) in [6.45, 7) is 1.75. The number of ether oxygens (including phenoxy) is 1. The predicted octanol–water partition coefficient (Wildman–Crippen LogP) is 2.96. The molecule has 0 spiro atoms. The van der Waals surface area contributed by atoms with E-state index in [2.05, 4.69) is 12.6 Å². The molecular weight excluding hydrogens is 248 g/mol. The number of nitrogens with zero attached hydrogens (tertiary/aromatic N) is 1. The monoisotopic (exact) mass is 257 g/mol. The number of hydrogen-bond donors (Lipinski definition) is 1. The van der Waals surface area contributed by atoms with Crippen molar-refractivity contribution in [2.45, 2.75) is 18.2 Å². The molecular formula is C11H9F2NO2S. The Labute approximate surface area is 102 Å². The van der Waals surface area contributed by atoms with E-state index in [-0.39, 0.29) is 28.2 Å². The Kier molecular flexibility index (Phi) is 4.46. The summed E-state index contributed by atoms with van der Waals surface area (Å²) >= 11 is 3.86. The van der Waals surface area contributed by atoms with E-state index >= 15 is 0 Å². The summed E-state index contributed by atoms with van der Waals surface area (Å²) in [5.74, 6) is -0.722. The highest BCUT2D eigenvalue weighted by Gasteiger charge is 2.19. The van der Waals surface area contributed by atoms with Crippen LogP contribution in [0.25, 0.3) is 0 Å². The molecule has 90 valence electrons. The van der Waals surface area contributed by atoms with Crippen LogP contribution < -0.4 is 0 Å². The Bertz CT molecular complexity index is 483. The quantitative estimate of drug-likeness (QED) is 0.669. The van der Waals surface area contributed by atoms with E-state index in [9.17, 15) is 13.6 Å². The fourth-order valence-corrected chi connectivity index (χ4v) is 1.54. The fraction of sp³-hybridized carbons (Fsp3) is 0.273. The van der Waals surface area contributed by atoms with E-state index in [1.165, 1.54) is 0 Å². The van der Waals surface area contributed by atoms with Gasteiger partial charge in [-0.05, 0) is 19.1 Å². The van der Waals surface area contributed by atoms with Gasteiger partial charge in [0.1, 0.15) is 6.07 Å². The van der Waals surface area contributed by atoms with Crippen LogP contribution in [0.2, 0.25) is 0 Å². The first-order valence-electron chi connectivity index (χ1n) is 4.73. The number of thiol groups is 1. The summed E-state index contributed by atoms with van der Waals surface area (Å²) in [7, 11) is 0. The maximum atomic E-state index is 12.6. The molecule has 0 fully saturated rings. The molecule has 1 aromatic rings. The molecule has 1 rings (SSSR count). The van der Waals surface area contributed by atoms with Crippen molar-refractivity contribution in [1.82, 2.24) is 0 Å². The number of carbonyl (C=O) groups is 1. The number of benzene rings is 1. The Balaban J connectivity index is 3.30. The Morgan fingerprint density at radius 1 is 1.59 bits per heavy atom. The van der Waals surface area contributed by atoms with Gasteiger partial charge in [0.25, 0.3) is 6.43 Å². The van der Waals surface area contributed by atoms with E-state index < -0.39 is 12.4 Å². The minimum Gasteiger partial charge on any atom is -0.462 e. The van der Waals surface area contributed by atoms with Crippen LogP contribution in [-0.4, -0.2) is 12.6 Å². The first-order chi connectivity index (χ1) is 8.01. The van der Waals surface area contributed by atoms with Gasteiger partial charge < -0.3 is 4.74 Å². The molecule has 0 aliphatic heterocycles. The van der Waals surface area contributed by atoms with Gasteiger partial charge in [0, 0.05) is 10.5 Å². The third-order valence-electron chi connectivity index (χ3n) is 2.02. The maximum absolute atomic E-state index is 12.6. The summed E-state index contributed by atoms with van der Waals surface area (Å²) in [5.41, 5.74) is -0.571. The summed E-state index contributed by atoms with van der Waals surface area (Å²) in [6.07, 6.45) is -2.74. The lowest BCUT2D eigenvalue weighted by atomic mass is 10.0. The number of carbonyl (C=O) groups excluding carboxylic acids is 1. The van der Waals surface area contributed by atoms with Crippen LogP contribution in [0, 0.1) is 11.3 Å². The van der Waals surface area contributed by atoms with Gasteiger partial charge in [-0.25, -0.2) is 13.6 Å². The van der Waals surface area contributed by atoms with Gasteiger partial charge in [0.05, 0.1) is 17.7 Å². The van der Waals surface area contributed by atoms with Crippen molar-refractivity contribution < 1.29 is 18.3 Å². The summed E-state index contributed by atoms with van der Waals surface area (Å²) in [5, 5.41) is 8.81. The van der Waals surface area contributed by atoms with Gasteiger partial charge in [0.2, 0.25) is 0 Å². The van der Waals surface area contributed by atoms with E-state index in [0.29, 0.717) is 0 Å². The highest BCUT2D eigenvalue weighted by Crippen LogP contribution is 2.28. The molecule has 0 unspecified atom stereocenters. The molecule has 0 N–H and O–H groups in total. The van der Waals surface area contributed by atoms with Crippen molar-refractivity contribution in [1.29, 1.82) is 5.26 Å². The van der Waals surface area contributed by atoms with Crippen LogP contribution >= 0.6 is 12.6 Å². The maximum Gasteiger partial charge on any atom is 0.339 e. The van der Waals surface area contributed by atoms with Crippen LogP contribution in [0.3, 0.4) is 0 Å². The molecule has 0 aromatic heterocycles. The largest absolute Gasteiger partial charge is 0.462 e. The van der Waals surface area contributed by atoms with Crippen LogP contribution in [0.5, 0.6) is 0 Å². The minimum atomic E-state index is -2.74. The second kappa shape index (κ2) is 5.64. The lowest BCUT2D eigenvalue weighted by Gasteiger charge is -2.08. The first-order valence-corrected chi connectivity index (χ1v) is 5.18. The van der Waals surface area contributed by atoms with Crippen molar-refractivity contribution >= 4 is 18.6 Å². The molecule has 0 amide bonds. The molecule has 0 bridgehead atoms. The normalized spacial score (nSPS) is 10.1. The second-order valence-electron chi connectivity index (χ2n) is 3.09. The van der Waals surface area contributed by atoms with Crippen LogP contribution in [-0.2, 0) is 4.74 Å². The number of nitriles is 1. The molecule has 0 aliphatic carbocycles. The lowest BCUT2D eigenvalue weighted by molar-refractivity contribution is 0.0525. The highest BCUT2D eigenvalue weighted by molar-refractivity contribution is 7.80. The van der Waals surface area contributed by atoms with Gasteiger partial charge in [-0.3, -0.25) is 0 Å². The van der Waals surface area contributed by atoms with Gasteiger partial charge in [-0.1, -0.05) is 0 Å². The molecule has 0 atom stereocenters. The molecule has 6 heteroatoms. The molecule has 1 aromatic carbocycles. The first kappa shape index (κ1) is 13.5. The van der Waals surface area contributed by atoms with Crippen molar-refractivity contribution in [2.75, 3.05) is 6.61 Å². The van der Waals surface area contributed by atoms with E-state index in [1.54, 1.807) is 13.0 Å². The molecule has 0 aliphatic rings. The number of hydrogen-bond acceptors (Lipinski definition) is 4. The third-order valence-corrected chi connectivity index (χ3v) is 2.41. The number of halogens is 2. The zero-order valence-corrected chi connectivity index (χ0v) is 9.80. The predicted molar refractivity (Wildman–Crippen MR) is 59.3 cm³/mol. The fourth-order valence-electron chi connectivity index (χ4n) is 1.25. The Morgan fingerprint density at radius 3 is 2.71 bits per heavy atom. The number of alkyl halides is 2. The standard InChI is InChI=1S/C11H9F2NO2S/c1-2-16-11(15)7-4-9(17)8(10(12)13)3-6(7)5-14/h3-4,10,17H,2H2,1H3. The molecule has 17 heavy (non-hydrogen) atoms. The highest BCUT2D eigenvalue weighted by atomic mass is 32.1. The molecule has 3 nitrogen and oxygen atoms in total. The van der Waals surface area contributed by atoms with Gasteiger partial charge >= 0.3 is 5.97 Å². The minimum absolute atomic E-state index is 0.0398. The topological polar surface area (TPSA) is 50.1 Å². The van der Waals surface area contributed by atoms with Gasteiger partial charge in [-0.2, -0.15) is 5.26 Å². The van der Waals surface area contributed by atoms with Crippen molar-refractivity contribution in [3.63, 3.8) is 0 Å². The Morgan fingerprint density at radius 2 is 2.24 bits per heavy atom. The second-order valence-corrected chi connectivity index (χ2v) is 3.57. The third kappa shape index (κ3) is 2.94. The summed E-state index contributed by atoms with van der Waals surface area (Å²) in [4.78, 5) is 11.4. The average Bonchev–Trinajstić information content (AvgIpc) is 2.28. The smallest absolute Gasteiger partial charge is 0.339 e. The van der Waals surface area contributed by atoms with E-state index in [4.69, 9.17) is 10.00 Å². The molecule has 0 saturated carbocycles. The van der Waals surface area contributed by atoms with Crippen molar-refractivity contribution in [3.8, 4) is 6.07 Å². The van der Waals surface area contributed by atoms with Crippen LogP contribution in [0.1, 0.15) is 34.8 Å². The molecule has 0 radical (unpaired) electrons. The lowest BCUT2D eigenvalue weighted by Crippen LogP contribution is -2.08. The van der Waals surface area contributed by atoms with Gasteiger partial charge in [0.15, 0.2) is 0 Å². The number of esters is 1. The average molecular weight is 257 g/mol.